The summed E-state index contributed by atoms with van der Waals surface area (Å²) in [7, 11) is 1.65. The fourth-order valence-corrected chi connectivity index (χ4v) is 2.40. The van der Waals surface area contributed by atoms with Gasteiger partial charge < -0.3 is 10.5 Å². The summed E-state index contributed by atoms with van der Waals surface area (Å²) in [5, 5.41) is 4.86. The van der Waals surface area contributed by atoms with Crippen molar-refractivity contribution >= 4 is 27.5 Å². The Hall–Kier alpha value is -0.950. The molecule has 0 fully saturated rings. The number of methoxy groups -OCH3 is 1. The molecule has 0 radical (unpaired) electrons. The molecule has 7 heteroatoms. The largest absolute Gasteiger partial charge is 0.383 e. The molecule has 2 N–H and O–H groups in total. The van der Waals surface area contributed by atoms with Gasteiger partial charge in [0.15, 0.2) is 0 Å². The fourth-order valence-electron chi connectivity index (χ4n) is 1.75. The molecule has 0 aliphatic carbocycles. The van der Waals surface area contributed by atoms with Crippen LogP contribution < -0.4 is 5.73 Å². The first-order valence-electron chi connectivity index (χ1n) is 5.70. The Balaban J connectivity index is 2.29. The molecule has 0 aliphatic rings. The maximum atomic E-state index is 6.25. The van der Waals surface area contributed by atoms with Gasteiger partial charge in [-0.25, -0.2) is 0 Å². The molecule has 0 spiro atoms. The lowest BCUT2D eigenvalue weighted by atomic mass is 10.1. The molecule has 0 bridgehead atoms. The molecule has 2 rings (SSSR count). The van der Waals surface area contributed by atoms with Gasteiger partial charge in [0.25, 0.3) is 0 Å². The average Bonchev–Trinajstić information content (AvgIpc) is 2.77. The number of aromatic nitrogens is 3. The summed E-state index contributed by atoms with van der Waals surface area (Å²) in [6.45, 7) is 1.21. The zero-order valence-corrected chi connectivity index (χ0v) is 12.7. The van der Waals surface area contributed by atoms with Crippen molar-refractivity contribution in [3.8, 4) is 0 Å². The molecule has 102 valence electrons. The van der Waals surface area contributed by atoms with Crippen molar-refractivity contribution in [3.05, 3.63) is 45.4 Å². The Morgan fingerprint density at radius 3 is 2.89 bits per heavy atom. The van der Waals surface area contributed by atoms with Crippen LogP contribution in [0.4, 0.5) is 0 Å². The van der Waals surface area contributed by atoms with E-state index in [1.807, 2.05) is 10.7 Å². The Kier molecular flexibility index (Phi) is 4.93. The van der Waals surface area contributed by atoms with Crippen molar-refractivity contribution in [3.63, 3.8) is 0 Å². The molecule has 0 amide bonds. The summed E-state index contributed by atoms with van der Waals surface area (Å²) in [5.41, 5.74) is 7.85. The second-order valence-corrected chi connectivity index (χ2v) is 5.26. The molecule has 2 heterocycles. The quantitative estimate of drug-likeness (QED) is 0.903. The van der Waals surface area contributed by atoms with Crippen LogP contribution in [-0.2, 0) is 11.3 Å². The van der Waals surface area contributed by atoms with Crippen LogP contribution in [-0.4, -0.2) is 28.5 Å². The topological polar surface area (TPSA) is 66.0 Å². The van der Waals surface area contributed by atoms with Crippen LogP contribution in [0.25, 0.3) is 0 Å². The van der Waals surface area contributed by atoms with Gasteiger partial charge in [0, 0.05) is 13.3 Å². The Morgan fingerprint density at radius 1 is 1.47 bits per heavy atom. The Labute approximate surface area is 124 Å². The number of nitrogens with two attached hydrogens (primary N) is 1. The third-order valence-electron chi connectivity index (χ3n) is 2.70. The molecular formula is C12H14BrClN4O. The zero-order valence-electron chi connectivity index (χ0n) is 10.4. The maximum Gasteiger partial charge on any atom is 0.0908 e. The summed E-state index contributed by atoms with van der Waals surface area (Å²) < 4.78 is 7.73. The number of rotatable bonds is 5. The van der Waals surface area contributed by atoms with Crippen molar-refractivity contribution in [2.45, 2.75) is 12.6 Å². The van der Waals surface area contributed by atoms with Crippen LogP contribution in [0.3, 0.4) is 0 Å². The predicted molar refractivity (Wildman–Crippen MR) is 77.1 cm³/mol. The second kappa shape index (κ2) is 6.47. The molecule has 19 heavy (non-hydrogen) atoms. The van der Waals surface area contributed by atoms with E-state index in [-0.39, 0.29) is 6.04 Å². The van der Waals surface area contributed by atoms with Gasteiger partial charge in [0.05, 0.1) is 46.3 Å². The highest BCUT2D eigenvalue weighted by Gasteiger charge is 2.19. The van der Waals surface area contributed by atoms with E-state index in [2.05, 4.69) is 26.0 Å². The summed E-state index contributed by atoms with van der Waals surface area (Å²) >= 11 is 9.29. The van der Waals surface area contributed by atoms with Gasteiger partial charge in [-0.05, 0) is 28.1 Å². The number of hydrogen-bond acceptors (Lipinski definition) is 4. The van der Waals surface area contributed by atoms with Gasteiger partial charge in [-0.1, -0.05) is 11.6 Å². The van der Waals surface area contributed by atoms with Gasteiger partial charge in [-0.15, -0.1) is 0 Å². The molecule has 2 aromatic rings. The molecular weight excluding hydrogens is 332 g/mol. The molecule has 1 atom stereocenters. The monoisotopic (exact) mass is 344 g/mol. The van der Waals surface area contributed by atoms with Gasteiger partial charge in [0.1, 0.15) is 0 Å². The molecule has 0 aromatic carbocycles. The molecule has 1 unspecified atom stereocenters. The Bertz CT molecular complexity index is 543. The van der Waals surface area contributed by atoms with Crippen molar-refractivity contribution in [2.75, 3.05) is 13.7 Å². The molecule has 0 saturated heterocycles. The van der Waals surface area contributed by atoms with Gasteiger partial charge in [0.2, 0.25) is 0 Å². The number of ether oxygens (including phenoxy) is 1. The SMILES string of the molecule is COCCn1ncc(Br)c1C(N)c1ccc(Cl)cn1. The van der Waals surface area contributed by atoms with Crippen molar-refractivity contribution in [2.24, 2.45) is 5.73 Å². The lowest BCUT2D eigenvalue weighted by Gasteiger charge is -2.14. The second-order valence-electron chi connectivity index (χ2n) is 3.97. The van der Waals surface area contributed by atoms with Crippen LogP contribution in [0, 0.1) is 0 Å². The minimum atomic E-state index is -0.369. The smallest absolute Gasteiger partial charge is 0.0908 e. The van der Waals surface area contributed by atoms with Crippen molar-refractivity contribution in [1.29, 1.82) is 0 Å². The Morgan fingerprint density at radius 2 is 2.26 bits per heavy atom. The lowest BCUT2D eigenvalue weighted by Crippen LogP contribution is -2.20. The van der Waals surface area contributed by atoms with E-state index in [4.69, 9.17) is 22.1 Å². The van der Waals surface area contributed by atoms with E-state index in [1.54, 1.807) is 25.6 Å². The standard InChI is InChI=1S/C12H14BrClN4O/c1-19-5-4-18-12(9(13)7-17-18)11(15)10-3-2-8(14)6-16-10/h2-3,6-7,11H,4-5,15H2,1H3. The zero-order chi connectivity index (χ0) is 13.8. The van der Waals surface area contributed by atoms with Crippen LogP contribution >= 0.6 is 27.5 Å². The van der Waals surface area contributed by atoms with E-state index in [0.717, 1.165) is 15.9 Å². The van der Waals surface area contributed by atoms with E-state index >= 15 is 0 Å². The third kappa shape index (κ3) is 3.33. The van der Waals surface area contributed by atoms with Gasteiger partial charge in [-0.2, -0.15) is 5.10 Å². The van der Waals surface area contributed by atoms with Crippen molar-refractivity contribution < 1.29 is 4.74 Å². The highest BCUT2D eigenvalue weighted by Crippen LogP contribution is 2.26. The van der Waals surface area contributed by atoms with Crippen molar-refractivity contribution in [1.82, 2.24) is 14.8 Å². The first kappa shape index (κ1) is 14.5. The number of hydrogen-bond donors (Lipinski definition) is 1. The number of halogens is 2. The van der Waals surface area contributed by atoms with E-state index in [1.165, 1.54) is 0 Å². The van der Waals surface area contributed by atoms with Gasteiger partial charge >= 0.3 is 0 Å². The summed E-state index contributed by atoms with van der Waals surface area (Å²) in [4.78, 5) is 4.25. The fraction of sp³-hybridized carbons (Fsp3) is 0.333. The average molecular weight is 346 g/mol. The van der Waals surface area contributed by atoms with E-state index < -0.39 is 0 Å². The van der Waals surface area contributed by atoms with Crippen LogP contribution in [0.15, 0.2) is 29.0 Å². The lowest BCUT2D eigenvalue weighted by molar-refractivity contribution is 0.182. The summed E-state index contributed by atoms with van der Waals surface area (Å²) in [5.74, 6) is 0. The van der Waals surface area contributed by atoms with E-state index in [0.29, 0.717) is 18.2 Å². The predicted octanol–water partition coefficient (Wildman–Crippen LogP) is 2.39. The minimum Gasteiger partial charge on any atom is -0.383 e. The maximum absolute atomic E-state index is 6.25. The van der Waals surface area contributed by atoms with Gasteiger partial charge in [-0.3, -0.25) is 9.67 Å². The normalized spacial score (nSPS) is 12.6. The molecule has 5 nitrogen and oxygen atoms in total. The first-order chi connectivity index (χ1) is 9.13. The summed E-state index contributed by atoms with van der Waals surface area (Å²) in [6, 6.07) is 3.21. The molecule has 0 aliphatic heterocycles. The third-order valence-corrected chi connectivity index (χ3v) is 3.54. The highest BCUT2D eigenvalue weighted by molar-refractivity contribution is 9.10. The first-order valence-corrected chi connectivity index (χ1v) is 6.87. The van der Waals surface area contributed by atoms with E-state index in [9.17, 15) is 0 Å². The van der Waals surface area contributed by atoms with Crippen LogP contribution in [0.1, 0.15) is 17.4 Å². The highest BCUT2D eigenvalue weighted by atomic mass is 79.9. The molecule has 0 saturated carbocycles. The van der Waals surface area contributed by atoms with Crippen LogP contribution in [0.5, 0.6) is 0 Å². The summed E-state index contributed by atoms with van der Waals surface area (Å²) in [6.07, 6.45) is 3.31. The molecule has 2 aromatic heterocycles. The van der Waals surface area contributed by atoms with Crippen LogP contribution in [0.2, 0.25) is 5.02 Å². The number of pyridine rings is 1. The number of nitrogens with zero attached hydrogens (tertiary/aromatic N) is 3. The minimum absolute atomic E-state index is 0.369.